The van der Waals surface area contributed by atoms with E-state index in [1.165, 1.54) is 5.90 Å². The van der Waals surface area contributed by atoms with Crippen LogP contribution < -0.4 is 5.90 Å². The Morgan fingerprint density at radius 3 is 0.879 bits per heavy atom. The quantitative estimate of drug-likeness (QED) is 0.253. The van der Waals surface area contributed by atoms with Gasteiger partial charge in [0, 0.05) is 0 Å². The molecule has 0 aromatic heterocycles. The van der Waals surface area contributed by atoms with Crippen LogP contribution in [0.15, 0.2) is 0 Å². The second-order valence-corrected chi connectivity index (χ2v) is 7.26. The normalized spacial score (nSPS) is 18.3. The van der Waals surface area contributed by atoms with Crippen LogP contribution in [0.5, 0.6) is 0 Å². The van der Waals surface area contributed by atoms with E-state index in [-0.39, 0.29) is 0 Å². The summed E-state index contributed by atoms with van der Waals surface area (Å²) in [6.07, 6.45) is -7.98. The van der Waals surface area contributed by atoms with Crippen molar-refractivity contribution < 1.29 is 102 Å². The first-order valence-corrected chi connectivity index (χ1v) is 7.99. The Kier molecular flexibility index (Phi) is 7.30. The second-order valence-electron chi connectivity index (χ2n) is 5.61. The molecule has 0 aliphatic rings. The van der Waals surface area contributed by atoms with Gasteiger partial charge in [-0.05, 0) is 4.21 Å². The smallest absolute Gasteiger partial charge is 0.192 e. The van der Waals surface area contributed by atoms with Crippen molar-refractivity contribution >= 4 is 10.5 Å². The fourth-order valence-corrected chi connectivity index (χ4v) is 2.17. The molecule has 0 saturated heterocycles. The molecule has 0 aromatic rings. The van der Waals surface area contributed by atoms with E-state index in [9.17, 15) is 92.2 Å². The van der Waals surface area contributed by atoms with E-state index < -0.39 is 63.4 Å². The molecule has 24 heteroatoms. The third kappa shape index (κ3) is 3.70. The van der Waals surface area contributed by atoms with Crippen molar-refractivity contribution in [1.29, 1.82) is 0 Å². The number of alkyl halides is 19. The van der Waals surface area contributed by atoms with E-state index in [2.05, 4.69) is 4.28 Å². The van der Waals surface area contributed by atoms with Gasteiger partial charge in [-0.15, -0.1) is 8.78 Å². The number of hydrogen-bond acceptors (Lipinski definition) is 2. The van der Waals surface area contributed by atoms with E-state index >= 15 is 0 Å². The van der Waals surface area contributed by atoms with E-state index in [1.807, 2.05) is 0 Å². The molecular formula is C9H3F19NO3S+2. The Morgan fingerprint density at radius 1 is 0.455 bits per heavy atom. The summed E-state index contributed by atoms with van der Waals surface area (Å²) in [6, 6.07) is 0. The molecule has 0 aromatic carbocycles. The minimum Gasteiger partial charge on any atom is -0.192 e. The van der Waals surface area contributed by atoms with E-state index in [0.717, 1.165) is 0 Å². The lowest BCUT2D eigenvalue weighted by Gasteiger charge is -2.42. The molecule has 0 aliphatic carbocycles. The largest absolute Gasteiger partial charge is 0.554 e. The van der Waals surface area contributed by atoms with Crippen LogP contribution in [0, 0.1) is 0 Å². The molecule has 0 bridgehead atoms. The molecular weight excluding hydrogens is 563 g/mol. The van der Waals surface area contributed by atoms with Gasteiger partial charge in [-0.1, -0.05) is 0 Å². The molecule has 0 heterocycles. The van der Waals surface area contributed by atoms with Gasteiger partial charge in [-0.2, -0.15) is 80.5 Å². The topological polar surface area (TPSA) is 73.8 Å². The minimum absolute atomic E-state index is 1.46. The molecule has 0 fully saturated rings. The molecule has 0 spiro atoms. The molecule has 3 N–H and O–H groups in total. The Bertz CT molecular complexity index is 788. The van der Waals surface area contributed by atoms with Crippen molar-refractivity contribution in [3.05, 3.63) is 0 Å². The SMILES string of the molecule is [NH3+]O[S+]([O])(=O)C(F)(F)C(F)(F)C(F)(F)C(F)(F)C(F)(F)C(F)(F)C(F)(F)C(F)(F)C(F)(F)F. The molecule has 1 atom stereocenters. The van der Waals surface area contributed by atoms with E-state index in [0.29, 0.717) is 0 Å². The van der Waals surface area contributed by atoms with Crippen molar-refractivity contribution in [3.63, 3.8) is 0 Å². The molecule has 0 rings (SSSR count). The first kappa shape index (κ1) is 31.7. The molecule has 0 aliphatic heterocycles. The van der Waals surface area contributed by atoms with Crippen LogP contribution in [-0.2, 0) is 23.5 Å². The maximum atomic E-state index is 13.3. The Balaban J connectivity index is 7.06. The standard InChI is InChI=1S/C9H3F19NO3S/c10-1(11,2(12,13)4(16,17)6(20,21)8(24,25)26)3(14,15)5(18,19)7(22,23)9(27,28)33(30,31)32-29/h29H3/q+2. The summed E-state index contributed by atoms with van der Waals surface area (Å²) in [7, 11) is -7.61. The summed E-state index contributed by atoms with van der Waals surface area (Å²) < 4.78 is 269. The zero-order valence-electron chi connectivity index (χ0n) is 14.0. The first-order valence-electron chi connectivity index (χ1n) is 6.58. The highest BCUT2D eigenvalue weighted by atomic mass is 32.3. The van der Waals surface area contributed by atoms with Crippen LogP contribution in [0.2, 0.25) is 0 Å². The van der Waals surface area contributed by atoms with Gasteiger partial charge in [-0.25, -0.2) is 0 Å². The van der Waals surface area contributed by atoms with Gasteiger partial charge < -0.3 is 0 Å². The maximum Gasteiger partial charge on any atom is 0.554 e. The second kappa shape index (κ2) is 7.60. The van der Waals surface area contributed by atoms with Crippen LogP contribution >= 0.6 is 0 Å². The van der Waals surface area contributed by atoms with Gasteiger partial charge in [0.15, 0.2) is 0 Å². The first-order chi connectivity index (χ1) is 13.8. The summed E-state index contributed by atoms with van der Waals surface area (Å²) >= 11 is 0. The molecule has 4 nitrogen and oxygen atoms in total. The van der Waals surface area contributed by atoms with Gasteiger partial charge in [0.2, 0.25) is 0 Å². The fourth-order valence-electron chi connectivity index (χ4n) is 1.58. The molecule has 0 amide bonds. The zero-order chi connectivity index (χ0) is 27.7. The average molecular weight is 566 g/mol. The Morgan fingerprint density at radius 2 is 0.667 bits per heavy atom. The summed E-state index contributed by atoms with van der Waals surface area (Å²) in [4.78, 5) is 0. The predicted octanol–water partition coefficient (Wildman–Crippen LogP) is 4.52. The van der Waals surface area contributed by atoms with E-state index in [4.69, 9.17) is 0 Å². The highest BCUT2D eigenvalue weighted by Gasteiger charge is 2.99. The van der Waals surface area contributed by atoms with Crippen LogP contribution in [0.3, 0.4) is 0 Å². The van der Waals surface area contributed by atoms with Crippen LogP contribution in [0.1, 0.15) is 0 Å². The summed E-state index contributed by atoms with van der Waals surface area (Å²) in [5.41, 5.74) is 0. The number of rotatable bonds is 9. The predicted molar refractivity (Wildman–Crippen MR) is 58.3 cm³/mol. The highest BCUT2D eigenvalue weighted by molar-refractivity contribution is 7.93. The number of halogens is 19. The van der Waals surface area contributed by atoms with Crippen molar-refractivity contribution in [3.8, 4) is 0 Å². The van der Waals surface area contributed by atoms with Crippen molar-refractivity contribution in [2.24, 2.45) is 0 Å². The fraction of sp³-hybridized carbons (Fsp3) is 1.00. The lowest BCUT2D eigenvalue weighted by Crippen LogP contribution is -2.76. The molecule has 0 saturated carbocycles. The molecule has 33 heavy (non-hydrogen) atoms. The number of hydrogen-bond donors (Lipinski definition) is 1. The van der Waals surface area contributed by atoms with Gasteiger partial charge in [-0.3, -0.25) is 0 Å². The third-order valence-corrected chi connectivity index (χ3v) is 4.75. The molecule has 1 radical (unpaired) electrons. The lowest BCUT2D eigenvalue weighted by atomic mass is 9.89. The monoisotopic (exact) mass is 566 g/mol. The minimum atomic E-state index is -9.13. The zero-order valence-corrected chi connectivity index (χ0v) is 14.8. The summed E-state index contributed by atoms with van der Waals surface area (Å²) in [6.45, 7) is 0. The average Bonchev–Trinajstić information content (AvgIpc) is 2.59. The van der Waals surface area contributed by atoms with Crippen molar-refractivity contribution in [2.45, 2.75) is 52.9 Å². The lowest BCUT2D eigenvalue weighted by molar-refractivity contribution is -0.639. The third-order valence-electron chi connectivity index (χ3n) is 3.56. The highest BCUT2D eigenvalue weighted by Crippen LogP contribution is 2.65. The molecule has 199 valence electrons. The van der Waals surface area contributed by atoms with Gasteiger partial charge in [0.1, 0.15) is 0 Å². The Labute approximate surface area is 167 Å². The maximum absolute atomic E-state index is 13.3. The van der Waals surface area contributed by atoms with Gasteiger partial charge >= 0.3 is 63.4 Å². The van der Waals surface area contributed by atoms with Gasteiger partial charge in [0.25, 0.3) is 0 Å². The van der Waals surface area contributed by atoms with E-state index in [1.54, 1.807) is 0 Å². The Hall–Kier alpha value is -1.30. The van der Waals surface area contributed by atoms with Crippen molar-refractivity contribution in [1.82, 2.24) is 0 Å². The summed E-state index contributed by atoms with van der Waals surface area (Å²) in [5.74, 6) is -60.5. The molecule has 1 unspecified atom stereocenters. The number of quaternary nitrogens is 1. The van der Waals surface area contributed by atoms with Crippen LogP contribution in [0.4, 0.5) is 83.4 Å². The van der Waals surface area contributed by atoms with Gasteiger partial charge in [0.05, 0.1) is 8.84 Å². The van der Waals surface area contributed by atoms with Crippen molar-refractivity contribution in [2.75, 3.05) is 0 Å². The van der Waals surface area contributed by atoms with Crippen LogP contribution in [0.25, 0.3) is 0 Å². The van der Waals surface area contributed by atoms with Crippen LogP contribution in [-0.4, -0.2) is 52.9 Å². The summed E-state index contributed by atoms with van der Waals surface area (Å²) in [5, 5.41) is -7.79.